The van der Waals surface area contributed by atoms with E-state index >= 15 is 0 Å². The van der Waals surface area contributed by atoms with Gasteiger partial charge in [-0.25, -0.2) is 0 Å². The van der Waals surface area contributed by atoms with Crippen molar-refractivity contribution in [1.82, 2.24) is 0 Å². The van der Waals surface area contributed by atoms with Crippen LogP contribution >= 0.6 is 0 Å². The molecule has 0 saturated carbocycles. The molecule has 2 atom stereocenters. The summed E-state index contributed by atoms with van der Waals surface area (Å²) in [6.07, 6.45) is -2.49. The minimum atomic E-state index is -2.67. The molecule has 0 aliphatic rings. The molecule has 0 rings (SSSR count). The number of hydrogen-bond donors (Lipinski definition) is 3. The average Bonchev–Trinajstić information content (AvgIpc) is 1.62. The predicted octanol–water partition coefficient (Wildman–Crippen LogP) is -1.22. The Morgan fingerprint density at radius 3 is 2.38 bits per heavy atom. The maximum atomic E-state index is 10.1. The first-order valence-corrected chi connectivity index (χ1v) is 1.94. The lowest BCUT2D eigenvalue weighted by Crippen LogP contribution is -2.39. The van der Waals surface area contributed by atoms with Crippen molar-refractivity contribution in [2.45, 2.75) is 19.0 Å². The highest BCUT2D eigenvalue weighted by molar-refractivity contribution is 5.73. The fourth-order valence-electron chi connectivity index (χ4n) is 0.155. The van der Waals surface area contributed by atoms with E-state index in [9.17, 15) is 4.79 Å². The number of hydrogen-bond acceptors (Lipinski definition) is 3. The van der Waals surface area contributed by atoms with E-state index in [2.05, 4.69) is 0 Å². The van der Waals surface area contributed by atoms with Crippen molar-refractivity contribution in [3.63, 3.8) is 0 Å². The molecule has 0 aromatic rings. The quantitative estimate of drug-likeness (QED) is 0.401. The Balaban J connectivity index is 4.57. The van der Waals surface area contributed by atoms with Gasteiger partial charge in [0.15, 0.2) is 0 Å². The highest BCUT2D eigenvalue weighted by Gasteiger charge is 2.16. The van der Waals surface area contributed by atoms with Crippen molar-refractivity contribution in [3.05, 3.63) is 0 Å². The SMILES string of the molecule is [2H][C@]([13CH3])(O)[C@]([2H])(N)C(=O)O. The van der Waals surface area contributed by atoms with Gasteiger partial charge in [0, 0.05) is 0 Å². The summed E-state index contributed by atoms with van der Waals surface area (Å²) in [6.45, 7) is 0.841. The van der Waals surface area contributed by atoms with Crippen molar-refractivity contribution in [1.29, 1.82) is 0 Å². The molecule has 0 saturated heterocycles. The fourth-order valence-corrected chi connectivity index (χ4v) is 0.155. The largest absolute Gasteiger partial charge is 0.480 e. The molecule has 0 fully saturated rings. The monoisotopic (exact) mass is 122 g/mol. The van der Waals surface area contributed by atoms with E-state index in [0.717, 1.165) is 6.92 Å². The average molecular weight is 122 g/mol. The van der Waals surface area contributed by atoms with Gasteiger partial charge in [-0.1, -0.05) is 0 Å². The summed E-state index contributed by atoms with van der Waals surface area (Å²) in [5, 5.41) is 16.9. The second-order valence-corrected chi connectivity index (χ2v) is 1.30. The Bertz CT molecular complexity index is 151. The van der Waals surface area contributed by atoms with Crippen molar-refractivity contribution < 1.29 is 17.7 Å². The first-order chi connectivity index (χ1) is 4.19. The van der Waals surface area contributed by atoms with E-state index in [0.29, 0.717) is 0 Å². The number of aliphatic hydroxyl groups is 1. The summed E-state index contributed by atoms with van der Waals surface area (Å²) < 4.78 is 13.5. The molecule has 0 unspecified atom stereocenters. The van der Waals surface area contributed by atoms with Gasteiger partial charge in [-0.15, -0.1) is 0 Å². The molecular formula is C4H9NO3. The summed E-state index contributed by atoms with van der Waals surface area (Å²) >= 11 is 0. The molecule has 4 heteroatoms. The fraction of sp³-hybridized carbons (Fsp3) is 0.750. The zero-order valence-electron chi connectivity index (χ0n) is 6.38. The maximum Gasteiger partial charge on any atom is 0.323 e. The van der Waals surface area contributed by atoms with Gasteiger partial charge in [-0.05, 0) is 6.92 Å². The Labute approximate surface area is 49.7 Å². The molecule has 0 amide bonds. The molecule has 0 spiro atoms. The summed E-state index contributed by atoms with van der Waals surface area (Å²) in [5.41, 5.74) is 4.77. The molecule has 0 aromatic heterocycles. The third-order valence-corrected chi connectivity index (χ3v) is 0.620. The van der Waals surface area contributed by atoms with E-state index in [4.69, 9.17) is 18.7 Å². The Morgan fingerprint density at radius 1 is 2.00 bits per heavy atom. The lowest BCUT2D eigenvalue weighted by Gasteiger charge is -2.06. The van der Waals surface area contributed by atoms with E-state index in [1.807, 2.05) is 0 Å². The van der Waals surface area contributed by atoms with Gasteiger partial charge in [0.1, 0.15) is 6.02 Å². The van der Waals surface area contributed by atoms with Crippen molar-refractivity contribution in [2.24, 2.45) is 5.73 Å². The van der Waals surface area contributed by atoms with Gasteiger partial charge >= 0.3 is 5.97 Å². The third-order valence-electron chi connectivity index (χ3n) is 0.620. The van der Waals surface area contributed by atoms with E-state index in [1.165, 1.54) is 0 Å². The van der Waals surface area contributed by atoms with Crippen LogP contribution in [0.15, 0.2) is 0 Å². The normalized spacial score (nSPS) is 28.9. The van der Waals surface area contributed by atoms with Crippen molar-refractivity contribution in [2.75, 3.05) is 0 Å². The van der Waals surface area contributed by atoms with Crippen LogP contribution in [0.2, 0.25) is 0 Å². The second kappa shape index (κ2) is 2.64. The first kappa shape index (κ1) is 4.29. The van der Waals surface area contributed by atoms with Gasteiger partial charge in [0.25, 0.3) is 0 Å². The molecule has 0 aliphatic heterocycles. The van der Waals surface area contributed by atoms with Crippen LogP contribution in [0.5, 0.6) is 0 Å². The molecule has 48 valence electrons. The maximum absolute atomic E-state index is 10.1. The van der Waals surface area contributed by atoms with Crippen LogP contribution in [0.4, 0.5) is 0 Å². The minimum Gasteiger partial charge on any atom is -0.480 e. The second-order valence-electron chi connectivity index (χ2n) is 1.30. The predicted molar refractivity (Wildman–Crippen MR) is 27.3 cm³/mol. The van der Waals surface area contributed by atoms with Crippen molar-refractivity contribution >= 4 is 5.97 Å². The summed E-state index contributed by atoms with van der Waals surface area (Å²) in [5.74, 6) is -1.73. The number of carbonyl (C=O) groups is 1. The van der Waals surface area contributed by atoms with Gasteiger partial charge < -0.3 is 15.9 Å². The van der Waals surface area contributed by atoms with Crippen LogP contribution in [0.3, 0.4) is 0 Å². The highest BCUT2D eigenvalue weighted by Crippen LogP contribution is 1.85. The Morgan fingerprint density at radius 2 is 2.38 bits per heavy atom. The lowest BCUT2D eigenvalue weighted by molar-refractivity contribution is -0.140. The number of rotatable bonds is 2. The van der Waals surface area contributed by atoms with Crippen LogP contribution in [-0.4, -0.2) is 28.3 Å². The van der Waals surface area contributed by atoms with E-state index in [1.54, 1.807) is 0 Å². The smallest absolute Gasteiger partial charge is 0.323 e. The number of nitrogens with two attached hydrogens (primary N) is 1. The Hall–Kier alpha value is -0.610. The van der Waals surface area contributed by atoms with Gasteiger partial charge in [-0.2, -0.15) is 0 Å². The van der Waals surface area contributed by atoms with Gasteiger partial charge in [0.05, 0.1) is 8.82 Å². The van der Waals surface area contributed by atoms with Crippen molar-refractivity contribution in [3.8, 4) is 0 Å². The number of carboxylic acid groups (broad SMARTS) is 1. The lowest BCUT2D eigenvalue weighted by atomic mass is 10.3. The molecule has 0 aliphatic carbocycles. The zero-order chi connectivity index (χ0) is 8.58. The minimum absolute atomic E-state index is 0.841. The molecule has 4 N–H and O–H groups in total. The third kappa shape index (κ3) is 1.90. The molecule has 0 aromatic carbocycles. The zero-order valence-corrected chi connectivity index (χ0v) is 4.38. The number of carboxylic acids is 1. The van der Waals surface area contributed by atoms with E-state index < -0.39 is 18.1 Å². The first-order valence-electron chi connectivity index (χ1n) is 2.94. The number of aliphatic carboxylic acids is 1. The summed E-state index contributed by atoms with van der Waals surface area (Å²) in [7, 11) is 0. The summed E-state index contributed by atoms with van der Waals surface area (Å²) in [6, 6.07) is -2.67. The van der Waals surface area contributed by atoms with Crippen LogP contribution in [0.1, 0.15) is 9.67 Å². The molecule has 0 heterocycles. The van der Waals surface area contributed by atoms with E-state index in [-0.39, 0.29) is 0 Å². The van der Waals surface area contributed by atoms with Crippen LogP contribution < -0.4 is 5.73 Å². The van der Waals surface area contributed by atoms with Gasteiger partial charge in [-0.3, -0.25) is 4.79 Å². The molecule has 4 nitrogen and oxygen atoms in total. The highest BCUT2D eigenvalue weighted by atomic mass is 16.4. The molecule has 8 heavy (non-hydrogen) atoms. The Kier molecular flexibility index (Phi) is 1.41. The van der Waals surface area contributed by atoms with Gasteiger partial charge in [0.2, 0.25) is 0 Å². The molecule has 0 bridgehead atoms. The summed E-state index contributed by atoms with van der Waals surface area (Å²) in [4.78, 5) is 10.1. The molecular weight excluding hydrogens is 111 g/mol. The van der Waals surface area contributed by atoms with Crippen LogP contribution in [0, 0.1) is 0 Å². The molecule has 0 radical (unpaired) electrons. The standard InChI is InChI=1S/C4H9NO3/c1-2(6)3(5)4(7)8/h2-3,6H,5H2,1H3,(H,7,8)/t2-,3+/m1/s1/i1+1,2D,3D. The topological polar surface area (TPSA) is 83.5 Å². The van der Waals surface area contributed by atoms with Crippen LogP contribution in [-0.2, 0) is 4.79 Å². The van der Waals surface area contributed by atoms with Crippen LogP contribution in [0.25, 0.3) is 0 Å².